The molecule has 0 radical (unpaired) electrons. The molecule has 0 saturated carbocycles. The molecule has 0 aromatic carbocycles. The number of aryl methyl sites for hydroxylation is 1. The average molecular weight is 284 g/mol. The third kappa shape index (κ3) is 4.18. The van der Waals surface area contributed by atoms with Gasteiger partial charge in [-0.05, 0) is 19.8 Å². The van der Waals surface area contributed by atoms with Crippen LogP contribution in [0.15, 0.2) is 5.38 Å². The van der Waals surface area contributed by atoms with Crippen molar-refractivity contribution in [2.75, 3.05) is 24.6 Å². The quantitative estimate of drug-likeness (QED) is 0.867. The van der Waals surface area contributed by atoms with Crippen molar-refractivity contribution in [1.29, 1.82) is 0 Å². The van der Waals surface area contributed by atoms with Crippen molar-refractivity contribution in [2.24, 2.45) is 0 Å². The van der Waals surface area contributed by atoms with Crippen molar-refractivity contribution >= 4 is 22.4 Å². The van der Waals surface area contributed by atoms with Crippen LogP contribution in [-0.2, 0) is 16.0 Å². The minimum absolute atomic E-state index is 0.148. The molecule has 1 aromatic heterocycles. The van der Waals surface area contributed by atoms with Crippen LogP contribution in [0, 0.1) is 0 Å². The van der Waals surface area contributed by atoms with E-state index >= 15 is 0 Å². The maximum absolute atomic E-state index is 10.5. The minimum Gasteiger partial charge on any atom is -0.481 e. The summed E-state index contributed by atoms with van der Waals surface area (Å²) in [5.41, 5.74) is 0.884. The van der Waals surface area contributed by atoms with Gasteiger partial charge in [0.1, 0.15) is 0 Å². The zero-order chi connectivity index (χ0) is 13.7. The van der Waals surface area contributed by atoms with Crippen molar-refractivity contribution in [3.8, 4) is 0 Å². The summed E-state index contributed by atoms with van der Waals surface area (Å²) in [4.78, 5) is 17.3. The van der Waals surface area contributed by atoms with Crippen LogP contribution in [0.4, 0.5) is 5.13 Å². The summed E-state index contributed by atoms with van der Waals surface area (Å²) < 4.78 is 5.63. The maximum Gasteiger partial charge on any atom is 0.303 e. The summed E-state index contributed by atoms with van der Waals surface area (Å²) in [5.74, 6) is -0.771. The smallest absolute Gasteiger partial charge is 0.303 e. The second-order valence-electron chi connectivity index (χ2n) is 4.66. The Balaban J connectivity index is 1.84. The molecule has 0 spiro atoms. The predicted octanol–water partition coefficient (Wildman–Crippen LogP) is 2.17. The summed E-state index contributed by atoms with van der Waals surface area (Å²) in [6.07, 6.45) is 3.12. The number of rotatable bonds is 6. The first-order valence-electron chi connectivity index (χ1n) is 6.71. The molecule has 106 valence electrons. The molecule has 1 aliphatic heterocycles. The van der Waals surface area contributed by atoms with Gasteiger partial charge in [-0.2, -0.15) is 0 Å². The normalized spacial score (nSPS) is 16.8. The molecule has 1 aliphatic rings. The fourth-order valence-electron chi connectivity index (χ4n) is 2.24. The number of nitrogens with zero attached hydrogens (tertiary/aromatic N) is 2. The summed E-state index contributed by atoms with van der Waals surface area (Å²) in [5, 5.41) is 11.6. The largest absolute Gasteiger partial charge is 0.481 e. The second kappa shape index (κ2) is 6.86. The molecule has 0 aliphatic carbocycles. The second-order valence-corrected chi connectivity index (χ2v) is 5.49. The van der Waals surface area contributed by atoms with Crippen molar-refractivity contribution < 1.29 is 14.6 Å². The van der Waals surface area contributed by atoms with E-state index in [1.54, 1.807) is 11.3 Å². The third-order valence-electron chi connectivity index (χ3n) is 3.25. The Morgan fingerprint density at radius 3 is 2.95 bits per heavy atom. The van der Waals surface area contributed by atoms with Gasteiger partial charge >= 0.3 is 5.97 Å². The van der Waals surface area contributed by atoms with Gasteiger partial charge in [0.05, 0.1) is 18.2 Å². The zero-order valence-corrected chi connectivity index (χ0v) is 12.0. The van der Waals surface area contributed by atoms with Crippen molar-refractivity contribution in [2.45, 2.75) is 38.7 Å². The standard InChI is InChI=1S/C13H20N2O3S/c1-2-18-11-5-7-15(8-6-11)13-14-10(9-19-13)3-4-12(16)17/h9,11H,2-8H2,1H3,(H,16,17). The summed E-state index contributed by atoms with van der Waals surface area (Å²) in [6, 6.07) is 0. The van der Waals surface area contributed by atoms with Gasteiger partial charge in [0.2, 0.25) is 0 Å². The highest BCUT2D eigenvalue weighted by Crippen LogP contribution is 2.25. The molecular weight excluding hydrogens is 264 g/mol. The van der Waals surface area contributed by atoms with E-state index in [0.29, 0.717) is 12.5 Å². The number of aromatic nitrogens is 1. The van der Waals surface area contributed by atoms with Crippen LogP contribution < -0.4 is 4.90 Å². The molecule has 2 rings (SSSR count). The lowest BCUT2D eigenvalue weighted by Crippen LogP contribution is -2.37. The predicted molar refractivity (Wildman–Crippen MR) is 74.9 cm³/mol. The van der Waals surface area contributed by atoms with E-state index in [2.05, 4.69) is 9.88 Å². The van der Waals surface area contributed by atoms with Gasteiger partial charge in [0.25, 0.3) is 0 Å². The number of ether oxygens (including phenoxy) is 1. The molecule has 19 heavy (non-hydrogen) atoms. The molecule has 0 unspecified atom stereocenters. The minimum atomic E-state index is -0.771. The van der Waals surface area contributed by atoms with E-state index in [9.17, 15) is 4.79 Å². The van der Waals surface area contributed by atoms with E-state index in [4.69, 9.17) is 9.84 Å². The number of piperidine rings is 1. The molecule has 0 bridgehead atoms. The molecule has 1 fully saturated rings. The summed E-state index contributed by atoms with van der Waals surface area (Å²) in [7, 11) is 0. The number of carboxylic acid groups (broad SMARTS) is 1. The highest BCUT2D eigenvalue weighted by atomic mass is 32.1. The van der Waals surface area contributed by atoms with Gasteiger partial charge in [0.15, 0.2) is 5.13 Å². The van der Waals surface area contributed by atoms with Gasteiger partial charge in [-0.15, -0.1) is 11.3 Å². The van der Waals surface area contributed by atoms with Crippen LogP contribution in [-0.4, -0.2) is 41.9 Å². The number of carboxylic acids is 1. The van der Waals surface area contributed by atoms with Crippen molar-refractivity contribution in [3.63, 3.8) is 0 Å². The number of aliphatic carboxylic acids is 1. The lowest BCUT2D eigenvalue weighted by Gasteiger charge is -2.31. The van der Waals surface area contributed by atoms with Crippen LogP contribution in [0.1, 0.15) is 31.9 Å². The van der Waals surface area contributed by atoms with Crippen LogP contribution >= 0.6 is 11.3 Å². The van der Waals surface area contributed by atoms with Gasteiger partial charge in [-0.25, -0.2) is 4.98 Å². The molecule has 1 N–H and O–H groups in total. The highest BCUT2D eigenvalue weighted by Gasteiger charge is 2.21. The fourth-order valence-corrected chi connectivity index (χ4v) is 3.15. The monoisotopic (exact) mass is 284 g/mol. The Morgan fingerprint density at radius 1 is 1.58 bits per heavy atom. The van der Waals surface area contributed by atoms with E-state index in [-0.39, 0.29) is 6.42 Å². The van der Waals surface area contributed by atoms with E-state index in [0.717, 1.165) is 43.4 Å². The molecule has 0 amide bonds. The Labute approximate surface area is 117 Å². The van der Waals surface area contributed by atoms with Crippen molar-refractivity contribution in [1.82, 2.24) is 4.98 Å². The Kier molecular flexibility index (Phi) is 5.15. The van der Waals surface area contributed by atoms with Crippen LogP contribution in [0.25, 0.3) is 0 Å². The molecule has 1 aromatic rings. The zero-order valence-electron chi connectivity index (χ0n) is 11.2. The van der Waals surface area contributed by atoms with Crippen LogP contribution in [0.3, 0.4) is 0 Å². The Morgan fingerprint density at radius 2 is 2.32 bits per heavy atom. The van der Waals surface area contributed by atoms with Crippen LogP contribution in [0.5, 0.6) is 0 Å². The molecule has 2 heterocycles. The maximum atomic E-state index is 10.5. The number of carbonyl (C=O) groups is 1. The highest BCUT2D eigenvalue weighted by molar-refractivity contribution is 7.13. The first kappa shape index (κ1) is 14.3. The molecular formula is C13H20N2O3S. The Bertz CT molecular complexity index is 414. The van der Waals surface area contributed by atoms with Gasteiger partial charge in [-0.3, -0.25) is 4.79 Å². The number of anilines is 1. The van der Waals surface area contributed by atoms with E-state index in [1.165, 1.54) is 0 Å². The first-order chi connectivity index (χ1) is 9.19. The number of hydrogen-bond acceptors (Lipinski definition) is 5. The summed E-state index contributed by atoms with van der Waals surface area (Å²) in [6.45, 7) is 4.75. The lowest BCUT2D eigenvalue weighted by molar-refractivity contribution is -0.136. The summed E-state index contributed by atoms with van der Waals surface area (Å²) >= 11 is 1.60. The number of hydrogen-bond donors (Lipinski definition) is 1. The third-order valence-corrected chi connectivity index (χ3v) is 4.20. The van der Waals surface area contributed by atoms with Gasteiger partial charge in [-0.1, -0.05) is 0 Å². The Hall–Kier alpha value is -1.14. The SMILES string of the molecule is CCOC1CCN(c2nc(CCC(=O)O)cs2)CC1. The molecule has 0 atom stereocenters. The molecule has 1 saturated heterocycles. The lowest BCUT2D eigenvalue weighted by atomic mass is 10.1. The van der Waals surface area contributed by atoms with E-state index in [1.807, 2.05) is 12.3 Å². The fraction of sp³-hybridized carbons (Fsp3) is 0.692. The first-order valence-corrected chi connectivity index (χ1v) is 7.59. The average Bonchev–Trinajstić information content (AvgIpc) is 2.86. The van der Waals surface area contributed by atoms with Crippen molar-refractivity contribution in [3.05, 3.63) is 11.1 Å². The topological polar surface area (TPSA) is 62.7 Å². The van der Waals surface area contributed by atoms with Gasteiger partial charge in [0, 0.05) is 31.5 Å². The van der Waals surface area contributed by atoms with E-state index < -0.39 is 5.97 Å². The van der Waals surface area contributed by atoms with Crippen LogP contribution in [0.2, 0.25) is 0 Å². The molecule has 5 nitrogen and oxygen atoms in total. The van der Waals surface area contributed by atoms with Gasteiger partial charge < -0.3 is 14.7 Å². The number of thiazole rings is 1. The molecule has 6 heteroatoms.